The predicted octanol–water partition coefficient (Wildman–Crippen LogP) is 0.684. The van der Waals surface area contributed by atoms with Gasteiger partial charge in [-0.25, -0.2) is 0 Å². The molecule has 15 heavy (non-hydrogen) atoms. The lowest BCUT2D eigenvalue weighted by Crippen LogP contribution is -2.08. The van der Waals surface area contributed by atoms with Crippen LogP contribution in [0.3, 0.4) is 0 Å². The van der Waals surface area contributed by atoms with Crippen molar-refractivity contribution in [2.24, 2.45) is 0 Å². The maximum Gasteiger partial charge on any atom is 0.501 e. The minimum atomic E-state index is -4.00. The lowest BCUT2D eigenvalue weighted by atomic mass is 10.2. The normalized spacial score (nSPS) is 16.3. The molecule has 0 aromatic heterocycles. The molecule has 1 heterocycles. The fourth-order valence-corrected chi connectivity index (χ4v) is 1.98. The second kappa shape index (κ2) is 3.20. The molecule has 1 aromatic rings. The van der Waals surface area contributed by atoms with Crippen molar-refractivity contribution in [1.29, 1.82) is 0 Å². The molecule has 2 rings (SSSR count). The number of benzene rings is 1. The van der Waals surface area contributed by atoms with Crippen LogP contribution in [0.15, 0.2) is 12.1 Å². The van der Waals surface area contributed by atoms with Crippen molar-refractivity contribution in [1.82, 2.24) is 0 Å². The quantitative estimate of drug-likeness (QED) is 0.753. The van der Waals surface area contributed by atoms with Gasteiger partial charge >= 0.3 is 10.4 Å². The Kier molecular flexibility index (Phi) is 2.11. The van der Waals surface area contributed by atoms with Crippen LogP contribution in [0.4, 0.5) is 5.69 Å². The van der Waals surface area contributed by atoms with Crippen molar-refractivity contribution >= 4 is 16.1 Å². The van der Waals surface area contributed by atoms with Crippen molar-refractivity contribution in [3.05, 3.63) is 12.1 Å². The van der Waals surface area contributed by atoms with Crippen LogP contribution in [0.25, 0.3) is 0 Å². The Balaban J connectivity index is 2.48. The van der Waals surface area contributed by atoms with Gasteiger partial charge in [-0.05, 0) is 19.1 Å². The summed E-state index contributed by atoms with van der Waals surface area (Å²) in [6, 6.07) is 2.96. The molecule has 1 aliphatic rings. The van der Waals surface area contributed by atoms with Crippen molar-refractivity contribution in [3.63, 3.8) is 0 Å². The minimum absolute atomic E-state index is 0.0130. The molecule has 0 radical (unpaired) electrons. The molecular formula is C8H9NO5S. The molecule has 1 aromatic carbocycles. The van der Waals surface area contributed by atoms with E-state index < -0.39 is 10.4 Å². The van der Waals surface area contributed by atoms with Crippen LogP contribution in [-0.4, -0.2) is 15.0 Å². The fourth-order valence-electron chi connectivity index (χ4n) is 1.22. The second-order valence-corrected chi connectivity index (χ2v) is 3.96. The number of nitrogen functional groups attached to an aromatic ring is 1. The molecule has 0 amide bonds. The Morgan fingerprint density at radius 2 is 2.13 bits per heavy atom. The third-order valence-corrected chi connectivity index (χ3v) is 2.55. The zero-order valence-electron chi connectivity index (χ0n) is 7.89. The predicted molar refractivity (Wildman–Crippen MR) is 52.2 cm³/mol. The van der Waals surface area contributed by atoms with Gasteiger partial charge in [0.1, 0.15) is 11.4 Å². The first-order chi connectivity index (χ1) is 7.03. The molecule has 0 spiro atoms. The van der Waals surface area contributed by atoms with Gasteiger partial charge in [0, 0.05) is 0 Å². The Morgan fingerprint density at radius 3 is 2.80 bits per heavy atom. The van der Waals surface area contributed by atoms with Crippen LogP contribution in [-0.2, 0) is 10.4 Å². The average molecular weight is 231 g/mol. The zero-order chi connectivity index (χ0) is 11.1. The van der Waals surface area contributed by atoms with Gasteiger partial charge in [0.05, 0.1) is 6.61 Å². The molecule has 0 unspecified atom stereocenters. The molecule has 82 valence electrons. The van der Waals surface area contributed by atoms with Crippen molar-refractivity contribution in [2.45, 2.75) is 6.92 Å². The zero-order valence-corrected chi connectivity index (χ0v) is 8.71. The van der Waals surface area contributed by atoms with Crippen LogP contribution in [0.2, 0.25) is 0 Å². The molecule has 0 aliphatic carbocycles. The van der Waals surface area contributed by atoms with E-state index in [-0.39, 0.29) is 17.2 Å². The first kappa shape index (κ1) is 9.91. The van der Waals surface area contributed by atoms with E-state index in [1.165, 1.54) is 12.1 Å². The summed E-state index contributed by atoms with van der Waals surface area (Å²) in [5.74, 6) is 0.439. The van der Waals surface area contributed by atoms with Gasteiger partial charge in [0.15, 0.2) is 5.75 Å². The number of fused-ring (bicyclic) bond motifs is 1. The first-order valence-corrected chi connectivity index (χ1v) is 5.56. The number of hydrogen-bond acceptors (Lipinski definition) is 6. The van der Waals surface area contributed by atoms with Gasteiger partial charge in [-0.15, -0.1) is 8.42 Å². The molecule has 2 N–H and O–H groups in total. The summed E-state index contributed by atoms with van der Waals surface area (Å²) >= 11 is 0. The highest BCUT2D eigenvalue weighted by atomic mass is 32.3. The highest BCUT2D eigenvalue weighted by Crippen LogP contribution is 2.45. The van der Waals surface area contributed by atoms with Crippen LogP contribution < -0.4 is 18.8 Å². The number of ether oxygens (including phenoxy) is 1. The summed E-state index contributed by atoms with van der Waals surface area (Å²) in [4.78, 5) is 0. The van der Waals surface area contributed by atoms with E-state index in [1.807, 2.05) is 0 Å². The second-order valence-electron chi connectivity index (χ2n) is 2.81. The third-order valence-electron chi connectivity index (χ3n) is 1.80. The average Bonchev–Trinajstić information content (AvgIpc) is 2.46. The molecular weight excluding hydrogens is 222 g/mol. The maximum absolute atomic E-state index is 11.0. The third kappa shape index (κ3) is 1.65. The molecule has 6 nitrogen and oxygen atoms in total. The van der Waals surface area contributed by atoms with E-state index in [2.05, 4.69) is 8.37 Å². The highest BCUT2D eigenvalue weighted by molar-refractivity contribution is 7.82. The van der Waals surface area contributed by atoms with Gasteiger partial charge < -0.3 is 18.8 Å². The summed E-state index contributed by atoms with van der Waals surface area (Å²) in [7, 11) is -4.00. The van der Waals surface area contributed by atoms with Crippen LogP contribution >= 0.6 is 0 Å². The van der Waals surface area contributed by atoms with Crippen LogP contribution in [0, 0.1) is 0 Å². The topological polar surface area (TPSA) is 87.9 Å². The maximum atomic E-state index is 11.0. The van der Waals surface area contributed by atoms with Crippen molar-refractivity contribution in [2.75, 3.05) is 12.3 Å². The lowest BCUT2D eigenvalue weighted by molar-refractivity contribution is 0.341. The molecule has 1 aliphatic heterocycles. The number of nitrogens with two attached hydrogens (primary N) is 1. The summed E-state index contributed by atoms with van der Waals surface area (Å²) in [6.07, 6.45) is 0. The Hall–Kier alpha value is -1.63. The highest BCUT2D eigenvalue weighted by Gasteiger charge is 2.31. The van der Waals surface area contributed by atoms with E-state index in [1.54, 1.807) is 6.92 Å². The van der Waals surface area contributed by atoms with E-state index in [9.17, 15) is 8.42 Å². The smallest absolute Gasteiger partial charge is 0.492 e. The molecule has 0 saturated carbocycles. The van der Waals surface area contributed by atoms with Gasteiger partial charge in [0.2, 0.25) is 5.75 Å². The van der Waals surface area contributed by atoms with Crippen molar-refractivity contribution < 1.29 is 21.5 Å². The van der Waals surface area contributed by atoms with Crippen LogP contribution in [0.1, 0.15) is 6.92 Å². The number of hydrogen-bond donors (Lipinski definition) is 1. The monoisotopic (exact) mass is 231 g/mol. The minimum Gasteiger partial charge on any atom is -0.492 e. The summed E-state index contributed by atoms with van der Waals surface area (Å²) in [5, 5.41) is 0. The van der Waals surface area contributed by atoms with Gasteiger partial charge in [-0.3, -0.25) is 0 Å². The molecule has 7 heteroatoms. The standard InChI is InChI=1S/C8H9NO5S/c1-2-12-5-3-4-6-8(7(5)9)14-15(10,11)13-6/h3-4H,2,9H2,1H3. The molecule has 0 atom stereocenters. The first-order valence-electron chi connectivity index (χ1n) is 4.22. The largest absolute Gasteiger partial charge is 0.501 e. The molecule has 0 saturated heterocycles. The SMILES string of the molecule is CCOc1ccc2c(c1N)OS(=O)(=O)O2. The van der Waals surface area contributed by atoms with Gasteiger partial charge in [-0.1, -0.05) is 0 Å². The fraction of sp³-hybridized carbons (Fsp3) is 0.250. The Labute approximate surface area is 86.9 Å². The summed E-state index contributed by atoms with van der Waals surface area (Å²) < 4.78 is 36.2. The van der Waals surface area contributed by atoms with Crippen LogP contribution in [0.5, 0.6) is 17.2 Å². The van der Waals surface area contributed by atoms with E-state index in [4.69, 9.17) is 10.5 Å². The number of anilines is 1. The lowest BCUT2D eigenvalue weighted by Gasteiger charge is -2.06. The Bertz CT molecular complexity index is 496. The van der Waals surface area contributed by atoms with E-state index in [0.717, 1.165) is 0 Å². The molecule has 0 bridgehead atoms. The summed E-state index contributed by atoms with van der Waals surface area (Å²) in [5.41, 5.74) is 5.77. The Morgan fingerprint density at radius 1 is 1.40 bits per heavy atom. The molecule has 0 fully saturated rings. The van der Waals surface area contributed by atoms with Gasteiger partial charge in [0.25, 0.3) is 0 Å². The summed E-state index contributed by atoms with van der Waals surface area (Å²) in [6.45, 7) is 2.22. The van der Waals surface area contributed by atoms with E-state index in [0.29, 0.717) is 12.4 Å². The number of rotatable bonds is 2. The van der Waals surface area contributed by atoms with Gasteiger partial charge in [-0.2, -0.15) is 0 Å². The van der Waals surface area contributed by atoms with Crippen molar-refractivity contribution in [3.8, 4) is 17.2 Å². The van der Waals surface area contributed by atoms with E-state index >= 15 is 0 Å².